The topological polar surface area (TPSA) is 64.6 Å². The van der Waals surface area contributed by atoms with Gasteiger partial charge >= 0.3 is 0 Å². The van der Waals surface area contributed by atoms with E-state index in [1.54, 1.807) is 0 Å². The Morgan fingerprint density at radius 3 is 2.19 bits per heavy atom. The summed E-state index contributed by atoms with van der Waals surface area (Å²) >= 11 is 0. The van der Waals surface area contributed by atoms with Crippen LogP contribution in [0, 0.1) is 11.8 Å². The zero-order chi connectivity index (χ0) is 19.1. The number of rotatable bonds is 10. The molecule has 0 aromatic heterocycles. The summed E-state index contributed by atoms with van der Waals surface area (Å²) < 4.78 is 11.8. The third-order valence-electron chi connectivity index (χ3n) is 5.46. The van der Waals surface area contributed by atoms with E-state index in [0.29, 0.717) is 37.1 Å². The molecule has 5 heteroatoms. The van der Waals surface area contributed by atoms with Crippen molar-refractivity contribution in [2.75, 3.05) is 6.61 Å². The second-order valence-corrected chi connectivity index (χ2v) is 8.55. The number of Topliss-reactive ketones (excluding diaryl/α,β-unsaturated/α-hetero) is 1. The van der Waals surface area contributed by atoms with E-state index in [-0.39, 0.29) is 23.8 Å². The lowest BCUT2D eigenvalue weighted by Gasteiger charge is -2.35. The second-order valence-electron chi connectivity index (χ2n) is 8.55. The Kier molecular flexibility index (Phi) is 8.55. The molecule has 5 nitrogen and oxygen atoms in total. The highest BCUT2D eigenvalue weighted by atomic mass is 16.5. The quantitative estimate of drug-likeness (QED) is 0.599. The van der Waals surface area contributed by atoms with Crippen molar-refractivity contribution in [3.05, 3.63) is 0 Å². The van der Waals surface area contributed by atoms with E-state index in [1.807, 2.05) is 13.8 Å². The third kappa shape index (κ3) is 6.99. The molecule has 0 bridgehead atoms. The van der Waals surface area contributed by atoms with Crippen LogP contribution in [0.3, 0.4) is 0 Å². The predicted octanol–water partition coefficient (Wildman–Crippen LogP) is 3.64. The number of ketones is 1. The van der Waals surface area contributed by atoms with Crippen LogP contribution in [0.5, 0.6) is 0 Å². The van der Waals surface area contributed by atoms with Gasteiger partial charge in [-0.3, -0.25) is 9.59 Å². The summed E-state index contributed by atoms with van der Waals surface area (Å²) in [5.74, 6) is 0.666. The van der Waals surface area contributed by atoms with Gasteiger partial charge in [0.2, 0.25) is 5.91 Å². The lowest BCUT2D eigenvalue weighted by Crippen LogP contribution is -2.47. The van der Waals surface area contributed by atoms with E-state index in [0.717, 1.165) is 44.9 Å². The van der Waals surface area contributed by atoms with Gasteiger partial charge < -0.3 is 14.8 Å². The summed E-state index contributed by atoms with van der Waals surface area (Å²) in [6.07, 6.45) is 8.12. The number of nitrogens with one attached hydrogen (secondary N) is 1. The molecule has 0 spiro atoms. The minimum atomic E-state index is 0.0862. The largest absolute Gasteiger partial charge is 0.378 e. The minimum absolute atomic E-state index is 0.0862. The van der Waals surface area contributed by atoms with E-state index in [2.05, 4.69) is 19.2 Å². The molecule has 0 unspecified atom stereocenters. The zero-order valence-corrected chi connectivity index (χ0v) is 17.0. The fraction of sp³-hybridized carbons (Fsp3) is 0.905. The molecule has 2 rings (SSSR count). The van der Waals surface area contributed by atoms with Gasteiger partial charge in [0.05, 0.1) is 18.3 Å². The first-order chi connectivity index (χ1) is 12.3. The van der Waals surface area contributed by atoms with Gasteiger partial charge in [-0.25, -0.2) is 0 Å². The maximum atomic E-state index is 12.0. The number of amides is 1. The molecule has 1 amide bonds. The molecule has 0 aromatic carbocycles. The molecule has 2 saturated carbocycles. The van der Waals surface area contributed by atoms with Crippen LogP contribution >= 0.6 is 0 Å². The van der Waals surface area contributed by atoms with Gasteiger partial charge in [0.25, 0.3) is 0 Å². The Morgan fingerprint density at radius 2 is 1.62 bits per heavy atom. The zero-order valence-electron chi connectivity index (χ0n) is 17.0. The van der Waals surface area contributed by atoms with E-state index >= 15 is 0 Å². The lowest BCUT2D eigenvalue weighted by molar-refractivity contribution is -0.131. The Balaban J connectivity index is 1.48. The summed E-state index contributed by atoms with van der Waals surface area (Å²) in [5, 5.41) is 3.04. The van der Waals surface area contributed by atoms with Crippen LogP contribution < -0.4 is 5.32 Å². The van der Waals surface area contributed by atoms with Crippen molar-refractivity contribution in [2.24, 2.45) is 11.8 Å². The normalized spacial score (nSPS) is 28.8. The number of hydrogen-bond donors (Lipinski definition) is 1. The molecule has 0 aliphatic heterocycles. The van der Waals surface area contributed by atoms with Crippen LogP contribution in [0.4, 0.5) is 0 Å². The van der Waals surface area contributed by atoms with E-state index in [9.17, 15) is 9.59 Å². The average Bonchev–Trinajstić information content (AvgIpc) is 2.55. The molecule has 0 aromatic rings. The van der Waals surface area contributed by atoms with Crippen molar-refractivity contribution in [3.8, 4) is 0 Å². The molecule has 1 N–H and O–H groups in total. The highest BCUT2D eigenvalue weighted by Gasteiger charge is 2.35. The predicted molar refractivity (Wildman–Crippen MR) is 102 cm³/mol. The van der Waals surface area contributed by atoms with Crippen molar-refractivity contribution in [1.82, 2.24) is 5.32 Å². The van der Waals surface area contributed by atoms with Gasteiger partial charge in [-0.2, -0.15) is 0 Å². The van der Waals surface area contributed by atoms with E-state index in [1.165, 1.54) is 0 Å². The van der Waals surface area contributed by atoms with Gasteiger partial charge in [-0.05, 0) is 58.8 Å². The summed E-state index contributed by atoms with van der Waals surface area (Å²) in [6, 6.07) is 0.187. The first kappa shape index (κ1) is 21.4. The van der Waals surface area contributed by atoms with Gasteiger partial charge in [0.15, 0.2) is 0 Å². The molecule has 0 heterocycles. The van der Waals surface area contributed by atoms with Crippen molar-refractivity contribution in [3.63, 3.8) is 0 Å². The van der Waals surface area contributed by atoms with Crippen LogP contribution in [0.15, 0.2) is 0 Å². The van der Waals surface area contributed by atoms with E-state index < -0.39 is 0 Å². The molecular formula is C21H37NO4. The van der Waals surface area contributed by atoms with Gasteiger partial charge in [0, 0.05) is 30.9 Å². The molecule has 2 aliphatic rings. The van der Waals surface area contributed by atoms with Crippen molar-refractivity contribution >= 4 is 11.7 Å². The van der Waals surface area contributed by atoms with E-state index in [4.69, 9.17) is 9.47 Å². The van der Waals surface area contributed by atoms with Gasteiger partial charge in [-0.1, -0.05) is 13.8 Å². The fourth-order valence-corrected chi connectivity index (χ4v) is 3.94. The van der Waals surface area contributed by atoms with Crippen LogP contribution in [0.2, 0.25) is 0 Å². The average molecular weight is 368 g/mol. The van der Waals surface area contributed by atoms with Crippen molar-refractivity contribution in [1.29, 1.82) is 0 Å². The van der Waals surface area contributed by atoms with Crippen LogP contribution in [0.1, 0.15) is 79.1 Å². The number of hydrogen-bond acceptors (Lipinski definition) is 4. The van der Waals surface area contributed by atoms with Crippen LogP contribution in [-0.4, -0.2) is 42.7 Å². The second kappa shape index (κ2) is 10.4. The monoisotopic (exact) mass is 367 g/mol. The number of ether oxygens (including phenoxy) is 2. The molecule has 2 aliphatic carbocycles. The molecular weight excluding hydrogens is 330 g/mol. The van der Waals surface area contributed by atoms with Crippen molar-refractivity contribution < 1.29 is 19.1 Å². The highest BCUT2D eigenvalue weighted by molar-refractivity contribution is 5.84. The maximum absolute atomic E-state index is 12.0. The van der Waals surface area contributed by atoms with Crippen molar-refractivity contribution in [2.45, 2.75) is 103 Å². The highest BCUT2D eigenvalue weighted by Crippen LogP contribution is 2.30. The number of carbonyl (C=O) groups excluding carboxylic acids is 2. The minimum Gasteiger partial charge on any atom is -0.378 e. The molecule has 2 fully saturated rings. The smallest absolute Gasteiger partial charge is 0.220 e. The molecule has 150 valence electrons. The fourth-order valence-electron chi connectivity index (χ4n) is 3.94. The summed E-state index contributed by atoms with van der Waals surface area (Å²) in [6.45, 7) is 8.70. The standard InChI is InChI=1S/C21H37NO4/c1-14(2)21(24)16-12-17(13-16)22-20(23)6-5-11-25-18-7-9-19(10-8-18)26-15(3)4/h14-19H,5-13H2,1-4H3,(H,22,23)/t16-,17-,18-,19+. The Bertz CT molecular complexity index is 449. The SMILES string of the molecule is CC(C)O[C@H]1CC[C@@H](OCCCC(=O)N[C@H]2C[C@H](C(=O)C(C)C)C2)CC1. The van der Waals surface area contributed by atoms with Gasteiger partial charge in [0.1, 0.15) is 5.78 Å². The third-order valence-corrected chi connectivity index (χ3v) is 5.46. The first-order valence-corrected chi connectivity index (χ1v) is 10.4. The Labute approximate surface area is 158 Å². The summed E-state index contributed by atoms with van der Waals surface area (Å²) in [7, 11) is 0. The first-order valence-electron chi connectivity index (χ1n) is 10.4. The van der Waals surface area contributed by atoms with Gasteiger partial charge in [-0.15, -0.1) is 0 Å². The lowest BCUT2D eigenvalue weighted by atomic mass is 9.75. The van der Waals surface area contributed by atoms with Crippen LogP contribution in [0.25, 0.3) is 0 Å². The Hall–Kier alpha value is -0.940. The molecule has 0 radical (unpaired) electrons. The molecule has 0 saturated heterocycles. The molecule has 0 atom stereocenters. The van der Waals surface area contributed by atoms with Crippen LogP contribution in [-0.2, 0) is 19.1 Å². The number of carbonyl (C=O) groups is 2. The molecule has 26 heavy (non-hydrogen) atoms. The summed E-state index contributed by atoms with van der Waals surface area (Å²) in [5.41, 5.74) is 0. The maximum Gasteiger partial charge on any atom is 0.220 e. The Morgan fingerprint density at radius 1 is 1.00 bits per heavy atom. The summed E-state index contributed by atoms with van der Waals surface area (Å²) in [4.78, 5) is 23.8.